The molecule has 2 N–H and O–H groups in total. The molecule has 0 aliphatic rings. The van der Waals surface area contributed by atoms with E-state index in [1.807, 2.05) is 30.3 Å². The normalized spacial score (nSPS) is 10.2. The zero-order chi connectivity index (χ0) is 15.6. The number of benzene rings is 2. The number of carbonyl (C=O) groups excluding carboxylic acids is 1. The molecule has 0 aliphatic heterocycles. The van der Waals surface area contributed by atoms with Crippen LogP contribution in [0.25, 0.3) is 0 Å². The molecular formula is C18H21FN2O. The standard InChI is InChI=1S/C18H21FN2O/c19-17-11-9-15(10-12-17)6-4-5-13-20-18(22)21-14-16-7-2-1-3-8-16/h1-3,7-12H,4-6,13-14H2,(H2,20,21,22). The van der Waals surface area contributed by atoms with Crippen LogP contribution < -0.4 is 10.6 Å². The lowest BCUT2D eigenvalue weighted by Gasteiger charge is -2.07. The van der Waals surface area contributed by atoms with Crippen LogP contribution >= 0.6 is 0 Å². The molecule has 0 fully saturated rings. The van der Waals surface area contributed by atoms with Crippen molar-refractivity contribution in [3.63, 3.8) is 0 Å². The Hall–Kier alpha value is -2.36. The van der Waals surface area contributed by atoms with Crippen molar-refractivity contribution in [2.45, 2.75) is 25.8 Å². The molecule has 0 atom stereocenters. The molecular weight excluding hydrogens is 279 g/mol. The number of carbonyl (C=O) groups is 1. The highest BCUT2D eigenvalue weighted by atomic mass is 19.1. The van der Waals surface area contributed by atoms with E-state index in [2.05, 4.69) is 10.6 Å². The van der Waals surface area contributed by atoms with Crippen LogP contribution in [0.5, 0.6) is 0 Å². The van der Waals surface area contributed by atoms with Gasteiger partial charge >= 0.3 is 6.03 Å². The second kappa shape index (κ2) is 8.82. The van der Waals surface area contributed by atoms with E-state index in [4.69, 9.17) is 0 Å². The Kier molecular flexibility index (Phi) is 6.42. The van der Waals surface area contributed by atoms with Crippen molar-refractivity contribution in [3.8, 4) is 0 Å². The summed E-state index contributed by atoms with van der Waals surface area (Å²) >= 11 is 0. The zero-order valence-corrected chi connectivity index (χ0v) is 12.5. The SMILES string of the molecule is O=C(NCCCCc1ccc(F)cc1)NCc1ccccc1. The summed E-state index contributed by atoms with van der Waals surface area (Å²) in [4.78, 5) is 11.6. The molecule has 2 amide bonds. The molecule has 0 aliphatic carbocycles. The van der Waals surface area contributed by atoms with Crippen LogP contribution in [0.4, 0.5) is 9.18 Å². The van der Waals surface area contributed by atoms with Crippen LogP contribution in [0.2, 0.25) is 0 Å². The first-order valence-corrected chi connectivity index (χ1v) is 7.54. The first-order valence-electron chi connectivity index (χ1n) is 7.54. The minimum Gasteiger partial charge on any atom is -0.338 e. The number of hydrogen-bond acceptors (Lipinski definition) is 1. The lowest BCUT2D eigenvalue weighted by atomic mass is 10.1. The molecule has 2 aromatic rings. The Morgan fingerprint density at radius 1 is 0.864 bits per heavy atom. The number of halogens is 1. The van der Waals surface area contributed by atoms with Gasteiger partial charge in [-0.25, -0.2) is 9.18 Å². The van der Waals surface area contributed by atoms with Gasteiger partial charge in [0.05, 0.1) is 0 Å². The van der Waals surface area contributed by atoms with Gasteiger partial charge in [-0.05, 0) is 42.5 Å². The number of aryl methyl sites for hydroxylation is 1. The van der Waals surface area contributed by atoms with Gasteiger partial charge in [0, 0.05) is 13.1 Å². The van der Waals surface area contributed by atoms with E-state index in [9.17, 15) is 9.18 Å². The first-order chi connectivity index (χ1) is 10.7. The molecule has 0 unspecified atom stereocenters. The average molecular weight is 300 g/mol. The van der Waals surface area contributed by atoms with E-state index in [0.29, 0.717) is 13.1 Å². The van der Waals surface area contributed by atoms with Gasteiger partial charge in [0.15, 0.2) is 0 Å². The Morgan fingerprint density at radius 2 is 1.59 bits per heavy atom. The number of nitrogens with one attached hydrogen (secondary N) is 2. The highest BCUT2D eigenvalue weighted by molar-refractivity contribution is 5.73. The van der Waals surface area contributed by atoms with Gasteiger partial charge in [-0.1, -0.05) is 42.5 Å². The highest BCUT2D eigenvalue weighted by Crippen LogP contribution is 2.06. The maximum absolute atomic E-state index is 12.8. The molecule has 2 rings (SSSR count). The Bertz CT molecular complexity index is 569. The van der Waals surface area contributed by atoms with Crippen LogP contribution in [0.3, 0.4) is 0 Å². The smallest absolute Gasteiger partial charge is 0.315 e. The van der Waals surface area contributed by atoms with Crippen molar-refractivity contribution in [2.24, 2.45) is 0 Å². The fraction of sp³-hybridized carbons (Fsp3) is 0.278. The molecule has 116 valence electrons. The van der Waals surface area contributed by atoms with Crippen LogP contribution in [0, 0.1) is 5.82 Å². The predicted octanol–water partition coefficient (Wildman–Crippen LogP) is 3.65. The quantitative estimate of drug-likeness (QED) is 0.753. The van der Waals surface area contributed by atoms with E-state index in [1.54, 1.807) is 12.1 Å². The third-order valence-corrected chi connectivity index (χ3v) is 3.39. The summed E-state index contributed by atoms with van der Waals surface area (Å²) in [6.07, 6.45) is 2.76. The summed E-state index contributed by atoms with van der Waals surface area (Å²) in [5, 5.41) is 5.66. The molecule has 0 spiro atoms. The average Bonchev–Trinajstić information content (AvgIpc) is 2.55. The van der Waals surface area contributed by atoms with Gasteiger partial charge < -0.3 is 10.6 Å². The van der Waals surface area contributed by atoms with E-state index in [1.165, 1.54) is 12.1 Å². The van der Waals surface area contributed by atoms with Gasteiger partial charge in [-0.2, -0.15) is 0 Å². The van der Waals surface area contributed by atoms with Crippen molar-refractivity contribution in [1.82, 2.24) is 10.6 Å². The number of rotatable bonds is 7. The maximum Gasteiger partial charge on any atom is 0.315 e. The van der Waals surface area contributed by atoms with E-state index in [0.717, 1.165) is 30.4 Å². The van der Waals surface area contributed by atoms with Crippen LogP contribution in [0.15, 0.2) is 54.6 Å². The van der Waals surface area contributed by atoms with Gasteiger partial charge in [0.1, 0.15) is 5.82 Å². The first kappa shape index (κ1) is 16.0. The van der Waals surface area contributed by atoms with Crippen molar-refractivity contribution < 1.29 is 9.18 Å². The molecule has 0 aromatic heterocycles. The monoisotopic (exact) mass is 300 g/mol. The van der Waals surface area contributed by atoms with Gasteiger partial charge in [0.25, 0.3) is 0 Å². The summed E-state index contributed by atoms with van der Waals surface area (Å²) in [5.41, 5.74) is 2.20. The van der Waals surface area contributed by atoms with E-state index < -0.39 is 0 Å². The van der Waals surface area contributed by atoms with E-state index in [-0.39, 0.29) is 11.8 Å². The minimum absolute atomic E-state index is 0.148. The topological polar surface area (TPSA) is 41.1 Å². The van der Waals surface area contributed by atoms with Crippen molar-refractivity contribution >= 4 is 6.03 Å². The van der Waals surface area contributed by atoms with Crippen molar-refractivity contribution in [1.29, 1.82) is 0 Å². The fourth-order valence-electron chi connectivity index (χ4n) is 2.15. The molecule has 0 heterocycles. The Balaban J connectivity index is 1.54. The third-order valence-electron chi connectivity index (χ3n) is 3.39. The van der Waals surface area contributed by atoms with Crippen LogP contribution in [0.1, 0.15) is 24.0 Å². The number of unbranched alkanes of at least 4 members (excludes halogenated alkanes) is 1. The largest absolute Gasteiger partial charge is 0.338 e. The fourth-order valence-corrected chi connectivity index (χ4v) is 2.15. The molecule has 0 radical (unpaired) electrons. The third kappa shape index (κ3) is 5.95. The summed E-state index contributed by atoms with van der Waals surface area (Å²) in [5.74, 6) is -0.208. The predicted molar refractivity (Wildman–Crippen MR) is 86.0 cm³/mol. The summed E-state index contributed by atoms with van der Waals surface area (Å²) in [6.45, 7) is 1.17. The summed E-state index contributed by atoms with van der Waals surface area (Å²) in [6, 6.07) is 16.2. The second-order valence-corrected chi connectivity index (χ2v) is 5.18. The number of amides is 2. The summed E-state index contributed by atoms with van der Waals surface area (Å²) < 4.78 is 12.8. The molecule has 22 heavy (non-hydrogen) atoms. The van der Waals surface area contributed by atoms with E-state index >= 15 is 0 Å². The second-order valence-electron chi connectivity index (χ2n) is 5.18. The molecule has 4 heteroatoms. The number of hydrogen-bond donors (Lipinski definition) is 2. The van der Waals surface area contributed by atoms with Gasteiger partial charge in [-0.3, -0.25) is 0 Å². The van der Waals surface area contributed by atoms with Crippen LogP contribution in [-0.4, -0.2) is 12.6 Å². The highest BCUT2D eigenvalue weighted by Gasteiger charge is 2.00. The van der Waals surface area contributed by atoms with Gasteiger partial charge in [-0.15, -0.1) is 0 Å². The molecule has 0 saturated heterocycles. The van der Waals surface area contributed by atoms with Crippen molar-refractivity contribution in [2.75, 3.05) is 6.54 Å². The van der Waals surface area contributed by atoms with Crippen LogP contribution in [-0.2, 0) is 13.0 Å². The molecule has 2 aromatic carbocycles. The maximum atomic E-state index is 12.8. The van der Waals surface area contributed by atoms with Crippen molar-refractivity contribution in [3.05, 3.63) is 71.5 Å². The Labute approximate surface area is 130 Å². The Morgan fingerprint density at radius 3 is 2.32 bits per heavy atom. The van der Waals surface area contributed by atoms with Gasteiger partial charge in [0.2, 0.25) is 0 Å². The number of urea groups is 1. The molecule has 0 saturated carbocycles. The minimum atomic E-state index is -0.208. The summed E-state index contributed by atoms with van der Waals surface area (Å²) in [7, 11) is 0. The lowest BCUT2D eigenvalue weighted by Crippen LogP contribution is -2.35. The molecule has 3 nitrogen and oxygen atoms in total. The lowest BCUT2D eigenvalue weighted by molar-refractivity contribution is 0.240. The molecule has 0 bridgehead atoms. The zero-order valence-electron chi connectivity index (χ0n) is 12.5.